The Morgan fingerprint density at radius 2 is 1.82 bits per heavy atom. The Morgan fingerprint density at radius 3 is 2.38 bits per heavy atom. The molecular formula is C27H28F3N5O3S. The van der Waals surface area contributed by atoms with Crippen molar-refractivity contribution in [1.82, 2.24) is 24.4 Å². The van der Waals surface area contributed by atoms with Gasteiger partial charge >= 0.3 is 6.18 Å². The lowest BCUT2D eigenvalue weighted by atomic mass is 10.0. The van der Waals surface area contributed by atoms with Crippen molar-refractivity contribution in [2.45, 2.75) is 26.1 Å². The van der Waals surface area contributed by atoms with E-state index in [-0.39, 0.29) is 35.1 Å². The van der Waals surface area contributed by atoms with Crippen molar-refractivity contribution in [1.29, 1.82) is 0 Å². The predicted octanol–water partition coefficient (Wildman–Crippen LogP) is 4.59. The van der Waals surface area contributed by atoms with Crippen LogP contribution in [-0.2, 0) is 6.18 Å². The van der Waals surface area contributed by atoms with Crippen LogP contribution in [0.2, 0.25) is 0 Å². The standard InChI is InChI=1S/C27H28F3N5O3S/c1-16-14-39-15-21(16)22(13-36)33-8-10-34(11-9-33)26(37)20-12-31-35-24(27(28,29)30)17(2)23(32-25(20)35)18-4-6-19(38-3)7-5-18/h4-7,12,14-15,22,36H,8-11,13H2,1-3H3/t22-/m0/s1. The number of aromatic nitrogens is 3. The molecule has 1 fully saturated rings. The summed E-state index contributed by atoms with van der Waals surface area (Å²) >= 11 is 1.58. The molecule has 1 aliphatic rings. The third-order valence-electron chi connectivity index (χ3n) is 7.22. The lowest BCUT2D eigenvalue weighted by molar-refractivity contribution is -0.143. The van der Waals surface area contributed by atoms with Gasteiger partial charge in [-0.05, 0) is 60.0 Å². The number of carbonyl (C=O) groups excluding carboxylic acids is 1. The molecule has 0 aliphatic carbocycles. The Kier molecular flexibility index (Phi) is 7.36. The number of aliphatic hydroxyl groups excluding tert-OH is 1. The molecule has 0 radical (unpaired) electrons. The number of benzene rings is 1. The summed E-state index contributed by atoms with van der Waals surface area (Å²) in [5, 5.41) is 18.1. The number of nitrogens with zero attached hydrogens (tertiary/aromatic N) is 5. The summed E-state index contributed by atoms with van der Waals surface area (Å²) in [5.74, 6) is 0.132. The van der Waals surface area contributed by atoms with Crippen molar-refractivity contribution in [3.63, 3.8) is 0 Å². The predicted molar refractivity (Wildman–Crippen MR) is 141 cm³/mol. The molecule has 4 heterocycles. The highest BCUT2D eigenvalue weighted by Crippen LogP contribution is 2.37. The highest BCUT2D eigenvalue weighted by atomic mass is 32.1. The average Bonchev–Trinajstić information content (AvgIpc) is 3.54. The van der Waals surface area contributed by atoms with E-state index in [4.69, 9.17) is 4.74 Å². The van der Waals surface area contributed by atoms with Crippen LogP contribution in [0.4, 0.5) is 13.2 Å². The van der Waals surface area contributed by atoms with Crippen molar-refractivity contribution in [3.8, 4) is 17.0 Å². The second kappa shape index (κ2) is 10.6. The number of piperazine rings is 1. The van der Waals surface area contributed by atoms with E-state index >= 15 is 0 Å². The maximum atomic E-state index is 14.2. The fourth-order valence-electron chi connectivity index (χ4n) is 5.12. The summed E-state index contributed by atoms with van der Waals surface area (Å²) < 4.78 is 48.6. The molecule has 1 saturated heterocycles. The van der Waals surface area contributed by atoms with Gasteiger partial charge in [0.25, 0.3) is 5.91 Å². The Hall–Kier alpha value is -3.48. The number of methoxy groups -OCH3 is 1. The van der Waals surface area contributed by atoms with E-state index in [1.54, 1.807) is 40.5 Å². The first-order chi connectivity index (χ1) is 18.6. The molecular weight excluding hydrogens is 531 g/mol. The van der Waals surface area contributed by atoms with E-state index in [1.807, 2.05) is 17.7 Å². The van der Waals surface area contributed by atoms with Gasteiger partial charge in [0.1, 0.15) is 11.3 Å². The number of aryl methyl sites for hydroxylation is 1. The van der Waals surface area contributed by atoms with Crippen molar-refractivity contribution < 1.29 is 27.8 Å². The van der Waals surface area contributed by atoms with Gasteiger partial charge in [0.05, 0.1) is 31.6 Å². The molecule has 1 aliphatic heterocycles. The Labute approximate surface area is 227 Å². The summed E-state index contributed by atoms with van der Waals surface area (Å²) in [7, 11) is 1.50. The van der Waals surface area contributed by atoms with Crippen LogP contribution >= 0.6 is 11.3 Å². The topological polar surface area (TPSA) is 83.2 Å². The first-order valence-corrected chi connectivity index (χ1v) is 13.3. The number of carbonyl (C=O) groups is 1. The van der Waals surface area contributed by atoms with Crippen LogP contribution in [0.5, 0.6) is 5.75 Å². The molecule has 12 heteroatoms. The van der Waals surface area contributed by atoms with Gasteiger partial charge in [-0.2, -0.15) is 29.6 Å². The van der Waals surface area contributed by atoms with Crippen LogP contribution in [0.25, 0.3) is 16.9 Å². The summed E-state index contributed by atoms with van der Waals surface area (Å²) in [6.07, 6.45) is -3.56. The number of aliphatic hydroxyl groups is 1. The minimum Gasteiger partial charge on any atom is -0.497 e. The molecule has 0 spiro atoms. The van der Waals surface area contributed by atoms with Crippen LogP contribution in [-0.4, -0.2) is 75.3 Å². The number of hydrogen-bond donors (Lipinski definition) is 1. The van der Waals surface area contributed by atoms with Crippen LogP contribution in [0, 0.1) is 13.8 Å². The van der Waals surface area contributed by atoms with Gasteiger partial charge in [-0.3, -0.25) is 9.69 Å². The zero-order valence-electron chi connectivity index (χ0n) is 21.7. The number of hydrogen-bond acceptors (Lipinski definition) is 7. The van der Waals surface area contributed by atoms with E-state index in [1.165, 1.54) is 14.0 Å². The fraction of sp³-hybridized carbons (Fsp3) is 0.370. The zero-order chi connectivity index (χ0) is 27.9. The van der Waals surface area contributed by atoms with Gasteiger partial charge in [-0.1, -0.05) is 0 Å². The minimum absolute atomic E-state index is 0.0103. The molecule has 0 unspecified atom stereocenters. The molecule has 8 nitrogen and oxygen atoms in total. The number of halogens is 3. The Balaban J connectivity index is 1.47. The van der Waals surface area contributed by atoms with Crippen molar-refractivity contribution in [3.05, 3.63) is 69.2 Å². The molecule has 1 aromatic carbocycles. The molecule has 1 atom stereocenters. The summed E-state index contributed by atoms with van der Waals surface area (Å²) in [5.41, 5.74) is 1.56. The average molecular weight is 560 g/mol. The molecule has 39 heavy (non-hydrogen) atoms. The maximum Gasteiger partial charge on any atom is 0.433 e. The Morgan fingerprint density at radius 1 is 1.13 bits per heavy atom. The fourth-order valence-corrected chi connectivity index (χ4v) is 6.01. The smallest absolute Gasteiger partial charge is 0.433 e. The molecule has 1 N–H and O–H groups in total. The second-order valence-corrected chi connectivity index (χ2v) is 10.2. The number of rotatable bonds is 6. The van der Waals surface area contributed by atoms with Crippen LogP contribution in [0.15, 0.2) is 41.2 Å². The van der Waals surface area contributed by atoms with E-state index in [2.05, 4.69) is 15.0 Å². The largest absolute Gasteiger partial charge is 0.497 e. The summed E-state index contributed by atoms with van der Waals surface area (Å²) in [6, 6.07) is 6.39. The zero-order valence-corrected chi connectivity index (χ0v) is 22.5. The van der Waals surface area contributed by atoms with Gasteiger partial charge in [0.15, 0.2) is 11.3 Å². The molecule has 206 valence electrons. The number of amides is 1. The number of thiophene rings is 1. The first kappa shape index (κ1) is 27.1. The molecule has 0 bridgehead atoms. The van der Waals surface area contributed by atoms with Gasteiger partial charge in [-0.15, -0.1) is 0 Å². The number of fused-ring (bicyclic) bond motifs is 1. The highest BCUT2D eigenvalue weighted by molar-refractivity contribution is 7.08. The summed E-state index contributed by atoms with van der Waals surface area (Å²) in [6.45, 7) is 5.06. The SMILES string of the molecule is COc1ccc(-c2nc3c(C(=O)N4CCN([C@@H](CO)c5cscc5C)CC4)cnn3c(C(F)(F)F)c2C)cc1. The van der Waals surface area contributed by atoms with Crippen LogP contribution < -0.4 is 4.74 Å². The van der Waals surface area contributed by atoms with Crippen LogP contribution in [0.3, 0.4) is 0 Å². The summed E-state index contributed by atoms with van der Waals surface area (Å²) in [4.78, 5) is 21.8. The van der Waals surface area contributed by atoms with E-state index < -0.39 is 17.8 Å². The lowest BCUT2D eigenvalue weighted by Gasteiger charge is -2.38. The van der Waals surface area contributed by atoms with Crippen molar-refractivity contribution >= 4 is 22.9 Å². The molecule has 5 rings (SSSR count). The lowest BCUT2D eigenvalue weighted by Crippen LogP contribution is -2.50. The van der Waals surface area contributed by atoms with Crippen molar-refractivity contribution in [2.24, 2.45) is 0 Å². The second-order valence-electron chi connectivity index (χ2n) is 9.49. The van der Waals surface area contributed by atoms with E-state index in [0.717, 1.165) is 17.3 Å². The van der Waals surface area contributed by atoms with Crippen LogP contribution in [0.1, 0.15) is 38.8 Å². The van der Waals surface area contributed by atoms with E-state index in [0.29, 0.717) is 42.0 Å². The third-order valence-corrected chi connectivity index (χ3v) is 8.10. The third kappa shape index (κ3) is 4.99. The highest BCUT2D eigenvalue weighted by Gasteiger charge is 2.39. The van der Waals surface area contributed by atoms with E-state index in [9.17, 15) is 23.1 Å². The minimum atomic E-state index is -4.72. The van der Waals surface area contributed by atoms with Crippen molar-refractivity contribution in [2.75, 3.05) is 39.9 Å². The first-order valence-electron chi connectivity index (χ1n) is 12.4. The van der Waals surface area contributed by atoms with Gasteiger partial charge in [0, 0.05) is 37.3 Å². The molecule has 3 aromatic heterocycles. The molecule has 1 amide bonds. The quantitative estimate of drug-likeness (QED) is 0.372. The van der Waals surface area contributed by atoms with Gasteiger partial charge in [0.2, 0.25) is 0 Å². The van der Waals surface area contributed by atoms with Gasteiger partial charge < -0.3 is 14.7 Å². The van der Waals surface area contributed by atoms with Gasteiger partial charge in [-0.25, -0.2) is 9.50 Å². The Bertz CT molecular complexity index is 1490. The maximum absolute atomic E-state index is 14.2. The monoisotopic (exact) mass is 559 g/mol. The number of alkyl halides is 3. The normalized spacial score (nSPS) is 15.6. The number of ether oxygens (including phenoxy) is 1. The molecule has 0 saturated carbocycles. The molecule has 4 aromatic rings.